The Hall–Kier alpha value is -2.53. The molecule has 1 aromatic carbocycles. The van der Waals surface area contributed by atoms with Crippen molar-refractivity contribution in [2.24, 2.45) is 0 Å². The van der Waals surface area contributed by atoms with Gasteiger partial charge in [0.05, 0.1) is 36.5 Å². The summed E-state index contributed by atoms with van der Waals surface area (Å²) in [6.07, 6.45) is 0. The quantitative estimate of drug-likeness (QED) is 0.522. The Balaban J connectivity index is 1.43. The van der Waals surface area contributed by atoms with Crippen molar-refractivity contribution in [3.8, 4) is 11.5 Å². The van der Waals surface area contributed by atoms with Crippen molar-refractivity contribution in [3.05, 3.63) is 45.4 Å². The van der Waals surface area contributed by atoms with Crippen molar-refractivity contribution in [1.82, 2.24) is 30.3 Å². The topological polar surface area (TPSA) is 95.1 Å². The van der Waals surface area contributed by atoms with Crippen LogP contribution >= 0.6 is 23.2 Å². The molecule has 4 heterocycles. The van der Waals surface area contributed by atoms with Gasteiger partial charge in [-0.05, 0) is 25.1 Å². The minimum Gasteiger partial charge on any atom is -0.379 e. The second-order valence-electron chi connectivity index (χ2n) is 8.01. The van der Waals surface area contributed by atoms with E-state index in [2.05, 4.69) is 40.5 Å². The van der Waals surface area contributed by atoms with E-state index in [1.807, 2.05) is 13.0 Å². The van der Waals surface area contributed by atoms with E-state index in [9.17, 15) is 4.39 Å². The van der Waals surface area contributed by atoms with Crippen LogP contribution in [0.25, 0.3) is 11.5 Å². The zero-order chi connectivity index (χ0) is 22.9. The third kappa shape index (κ3) is 4.48. The molecular weight excluding hydrogens is 470 g/mol. The van der Waals surface area contributed by atoms with Gasteiger partial charge in [0.1, 0.15) is 17.3 Å². The molecule has 1 fully saturated rings. The number of halogens is 3. The number of nitrogens with one attached hydrogen (secondary N) is 2. The number of anilines is 2. The van der Waals surface area contributed by atoms with E-state index in [0.717, 1.165) is 37.8 Å². The average Bonchev–Trinajstić information content (AvgIpc) is 3.30. The number of rotatable bonds is 5. The molecule has 174 valence electrons. The number of hydrogen-bond donors (Lipinski definition) is 2. The highest BCUT2D eigenvalue weighted by molar-refractivity contribution is 6.36. The fraction of sp³-hybridized carbons (Fsp3) is 0.429. The van der Waals surface area contributed by atoms with E-state index in [-0.39, 0.29) is 11.1 Å². The highest BCUT2D eigenvalue weighted by Crippen LogP contribution is 2.40. The van der Waals surface area contributed by atoms with E-state index < -0.39 is 5.82 Å². The van der Waals surface area contributed by atoms with Gasteiger partial charge in [-0.25, -0.2) is 9.37 Å². The fourth-order valence-corrected chi connectivity index (χ4v) is 4.87. The molecule has 12 heteroatoms. The van der Waals surface area contributed by atoms with Crippen LogP contribution in [0.1, 0.15) is 24.4 Å². The van der Waals surface area contributed by atoms with Crippen LogP contribution in [0.5, 0.6) is 0 Å². The predicted octanol–water partition coefficient (Wildman–Crippen LogP) is 3.53. The summed E-state index contributed by atoms with van der Waals surface area (Å²) >= 11 is 12.7. The standard InChI is InChI=1S/C21H23Cl2FN8O/c1-12(18-13(22)2-3-14(24)19(18)23)32-5-4-25-21-16(32)10-15(27-30-21)20-26-17(28-29-20)11-31-6-8-33-9-7-31/h2-3,10,12H,4-9,11H2,1H3,(H,25,30)(H,26,28,29)/t12-/m1/s1. The number of aromatic amines is 1. The maximum absolute atomic E-state index is 14.2. The van der Waals surface area contributed by atoms with E-state index in [1.165, 1.54) is 12.1 Å². The van der Waals surface area contributed by atoms with E-state index in [4.69, 9.17) is 27.9 Å². The molecule has 2 aliphatic rings. The number of H-pyrrole nitrogens is 1. The van der Waals surface area contributed by atoms with Crippen molar-refractivity contribution < 1.29 is 9.13 Å². The molecule has 0 radical (unpaired) electrons. The summed E-state index contributed by atoms with van der Waals surface area (Å²) < 4.78 is 19.6. The number of ether oxygens (including phenoxy) is 1. The minimum absolute atomic E-state index is 0.0269. The summed E-state index contributed by atoms with van der Waals surface area (Å²) in [5.41, 5.74) is 1.88. The molecule has 2 N–H and O–H groups in total. The lowest BCUT2D eigenvalue weighted by Crippen LogP contribution is -2.37. The van der Waals surface area contributed by atoms with Gasteiger partial charge in [-0.1, -0.05) is 23.2 Å². The van der Waals surface area contributed by atoms with Crippen LogP contribution in [0.2, 0.25) is 10.0 Å². The number of benzene rings is 1. The average molecular weight is 493 g/mol. The Bertz CT molecular complexity index is 1150. The maximum Gasteiger partial charge on any atom is 0.201 e. The van der Waals surface area contributed by atoms with Crippen LogP contribution in [-0.2, 0) is 11.3 Å². The number of aromatic nitrogens is 5. The number of morpholine rings is 1. The first kappa shape index (κ1) is 22.3. The lowest BCUT2D eigenvalue weighted by atomic mass is 10.0. The van der Waals surface area contributed by atoms with Gasteiger partial charge in [0.25, 0.3) is 0 Å². The molecule has 2 aromatic heterocycles. The molecule has 3 aromatic rings. The SMILES string of the molecule is C[C@H](c1c(Cl)ccc(F)c1Cl)N1CCNc2nnc(-c3n[nH]c(CN4CCOCC4)n3)cc21. The van der Waals surface area contributed by atoms with Crippen LogP contribution in [0.3, 0.4) is 0 Å². The highest BCUT2D eigenvalue weighted by atomic mass is 35.5. The highest BCUT2D eigenvalue weighted by Gasteiger charge is 2.28. The van der Waals surface area contributed by atoms with E-state index in [0.29, 0.717) is 47.6 Å². The van der Waals surface area contributed by atoms with Crippen LogP contribution in [0.4, 0.5) is 15.9 Å². The zero-order valence-corrected chi connectivity index (χ0v) is 19.5. The van der Waals surface area contributed by atoms with Gasteiger partial charge in [0.15, 0.2) is 5.82 Å². The van der Waals surface area contributed by atoms with E-state index >= 15 is 0 Å². The maximum atomic E-state index is 14.2. The summed E-state index contributed by atoms with van der Waals surface area (Å²) in [4.78, 5) is 8.95. The molecule has 33 heavy (non-hydrogen) atoms. The third-order valence-electron chi connectivity index (χ3n) is 5.93. The number of hydrogen-bond acceptors (Lipinski definition) is 8. The molecule has 9 nitrogen and oxygen atoms in total. The number of fused-ring (bicyclic) bond motifs is 1. The summed E-state index contributed by atoms with van der Waals surface area (Å²) in [7, 11) is 0. The lowest BCUT2D eigenvalue weighted by molar-refractivity contribution is 0.0331. The van der Waals surface area contributed by atoms with Crippen molar-refractivity contribution >= 4 is 34.7 Å². The second-order valence-corrected chi connectivity index (χ2v) is 8.80. The Morgan fingerprint density at radius 2 is 2.00 bits per heavy atom. The molecular formula is C21H23Cl2FN8O. The molecule has 0 saturated carbocycles. The van der Waals surface area contributed by atoms with Gasteiger partial charge >= 0.3 is 0 Å². The monoisotopic (exact) mass is 492 g/mol. The van der Waals surface area contributed by atoms with Crippen LogP contribution in [-0.4, -0.2) is 69.7 Å². The predicted molar refractivity (Wildman–Crippen MR) is 124 cm³/mol. The Morgan fingerprint density at radius 1 is 1.18 bits per heavy atom. The second kappa shape index (κ2) is 9.38. The summed E-state index contributed by atoms with van der Waals surface area (Å²) in [6.45, 7) is 7.07. The van der Waals surface area contributed by atoms with Crippen molar-refractivity contribution in [2.45, 2.75) is 19.5 Å². The Labute approximate surface area is 200 Å². The largest absolute Gasteiger partial charge is 0.379 e. The van der Waals surface area contributed by atoms with Crippen LogP contribution in [0.15, 0.2) is 18.2 Å². The fourth-order valence-electron chi connectivity index (χ4n) is 4.19. The summed E-state index contributed by atoms with van der Waals surface area (Å²) in [5.74, 6) is 1.35. The van der Waals surface area contributed by atoms with Gasteiger partial charge in [-0.3, -0.25) is 10.00 Å². The Kier molecular flexibility index (Phi) is 6.33. The molecule has 0 spiro atoms. The molecule has 0 unspecified atom stereocenters. The van der Waals surface area contributed by atoms with E-state index in [1.54, 1.807) is 0 Å². The van der Waals surface area contributed by atoms with Gasteiger partial charge in [0, 0.05) is 36.8 Å². The van der Waals surface area contributed by atoms with Crippen molar-refractivity contribution in [2.75, 3.05) is 49.6 Å². The molecule has 0 bridgehead atoms. The van der Waals surface area contributed by atoms with Gasteiger partial charge in [-0.15, -0.1) is 10.2 Å². The number of nitrogens with zero attached hydrogens (tertiary/aromatic N) is 6. The molecule has 2 aliphatic heterocycles. The Morgan fingerprint density at radius 3 is 2.82 bits per heavy atom. The smallest absolute Gasteiger partial charge is 0.201 e. The summed E-state index contributed by atoms with van der Waals surface area (Å²) in [6, 6.07) is 4.39. The first-order valence-electron chi connectivity index (χ1n) is 10.7. The zero-order valence-electron chi connectivity index (χ0n) is 18.0. The van der Waals surface area contributed by atoms with Crippen molar-refractivity contribution in [3.63, 3.8) is 0 Å². The molecule has 0 amide bonds. The molecule has 5 rings (SSSR count). The first-order chi connectivity index (χ1) is 16.0. The van der Waals surface area contributed by atoms with Crippen LogP contribution in [0, 0.1) is 5.82 Å². The molecule has 1 atom stereocenters. The lowest BCUT2D eigenvalue weighted by Gasteiger charge is -2.36. The van der Waals surface area contributed by atoms with Gasteiger partial charge in [-0.2, -0.15) is 5.10 Å². The van der Waals surface area contributed by atoms with Crippen molar-refractivity contribution in [1.29, 1.82) is 0 Å². The van der Waals surface area contributed by atoms with Gasteiger partial charge in [0.2, 0.25) is 5.82 Å². The minimum atomic E-state index is -0.500. The summed E-state index contributed by atoms with van der Waals surface area (Å²) in [5, 5.41) is 19.7. The molecule has 0 aliphatic carbocycles. The third-order valence-corrected chi connectivity index (χ3v) is 6.64. The van der Waals surface area contributed by atoms with Crippen LogP contribution < -0.4 is 10.2 Å². The van der Waals surface area contributed by atoms with Gasteiger partial charge < -0.3 is 15.0 Å². The molecule has 1 saturated heterocycles. The first-order valence-corrected chi connectivity index (χ1v) is 11.5. The normalized spacial score (nSPS) is 17.5.